The number of likely N-dealkylation sites (tertiary alicyclic amines) is 1. The Morgan fingerprint density at radius 3 is 2.39 bits per heavy atom. The van der Waals surface area contributed by atoms with Crippen molar-refractivity contribution in [3.63, 3.8) is 0 Å². The first-order valence-electron chi connectivity index (χ1n) is 13.9. The lowest BCUT2D eigenvalue weighted by Crippen LogP contribution is -2.41. The molecule has 4 rings (SSSR count). The van der Waals surface area contributed by atoms with E-state index in [-0.39, 0.29) is 6.09 Å². The minimum absolute atomic E-state index is 0.210. The van der Waals surface area contributed by atoms with Gasteiger partial charge < -0.3 is 18.9 Å². The van der Waals surface area contributed by atoms with E-state index in [0.717, 1.165) is 42.4 Å². The Morgan fingerprint density at radius 2 is 1.75 bits per heavy atom. The third-order valence-electron chi connectivity index (χ3n) is 7.45. The number of nitrogens with zero attached hydrogens (tertiary/aromatic N) is 4. The molecule has 2 aliphatic rings. The number of carbonyl (C=O) groups is 1. The molecule has 200 valence electrons. The SMILES string of the molecule is CC(C)(C)OC(=O)N1CCC(c2cn(COCC[Si](C)(C)C)c3ncc(C4CCCCC4)nc23)CC1. The summed E-state index contributed by atoms with van der Waals surface area (Å²) in [5.74, 6) is 0.874. The van der Waals surface area contributed by atoms with Gasteiger partial charge >= 0.3 is 6.09 Å². The van der Waals surface area contributed by atoms with Crippen molar-refractivity contribution in [3.8, 4) is 0 Å². The lowest BCUT2D eigenvalue weighted by atomic mass is 9.87. The van der Waals surface area contributed by atoms with Gasteiger partial charge in [-0.05, 0) is 58.4 Å². The van der Waals surface area contributed by atoms with Crippen LogP contribution in [-0.2, 0) is 16.2 Å². The van der Waals surface area contributed by atoms with Gasteiger partial charge in [0.2, 0.25) is 0 Å². The van der Waals surface area contributed by atoms with Gasteiger partial charge in [0.15, 0.2) is 5.65 Å². The van der Waals surface area contributed by atoms with E-state index in [0.29, 0.717) is 31.7 Å². The molecule has 8 heteroatoms. The van der Waals surface area contributed by atoms with Crippen molar-refractivity contribution >= 4 is 25.3 Å². The van der Waals surface area contributed by atoms with Gasteiger partial charge in [0.1, 0.15) is 17.8 Å². The molecule has 1 aliphatic carbocycles. The van der Waals surface area contributed by atoms with Gasteiger partial charge in [-0.15, -0.1) is 0 Å². The molecular formula is C28H46N4O3Si. The molecule has 36 heavy (non-hydrogen) atoms. The van der Waals surface area contributed by atoms with Crippen molar-refractivity contribution in [1.29, 1.82) is 0 Å². The number of fused-ring (bicyclic) bond motifs is 1. The van der Waals surface area contributed by atoms with Crippen molar-refractivity contribution in [2.24, 2.45) is 0 Å². The molecule has 0 N–H and O–H groups in total. The Balaban J connectivity index is 1.53. The number of aromatic nitrogens is 3. The minimum Gasteiger partial charge on any atom is -0.444 e. The number of hydrogen-bond donors (Lipinski definition) is 0. The smallest absolute Gasteiger partial charge is 0.410 e. The molecule has 2 aromatic heterocycles. The standard InChI is InChI=1S/C28H46N4O3Si/c1-28(2,3)35-27(33)31-14-12-21(13-15-31)23-19-32(20-34-16-17-36(4,5)6)26-25(23)30-24(18-29-26)22-10-8-7-9-11-22/h18-19,21-22H,7-17,20H2,1-6H3. The van der Waals surface area contributed by atoms with Gasteiger partial charge in [-0.25, -0.2) is 14.8 Å². The fourth-order valence-electron chi connectivity index (χ4n) is 5.32. The lowest BCUT2D eigenvalue weighted by Gasteiger charge is -2.33. The quantitative estimate of drug-likeness (QED) is 0.297. The van der Waals surface area contributed by atoms with Crippen LogP contribution in [0.1, 0.15) is 88.8 Å². The number of ether oxygens (including phenoxy) is 2. The average molecular weight is 515 g/mol. The second kappa shape index (κ2) is 11.2. The topological polar surface area (TPSA) is 69.5 Å². The van der Waals surface area contributed by atoms with Gasteiger partial charge in [-0.1, -0.05) is 38.9 Å². The van der Waals surface area contributed by atoms with Crippen molar-refractivity contribution < 1.29 is 14.3 Å². The zero-order valence-corrected chi connectivity index (χ0v) is 24.3. The van der Waals surface area contributed by atoms with Crippen LogP contribution in [0.4, 0.5) is 4.79 Å². The van der Waals surface area contributed by atoms with E-state index in [9.17, 15) is 4.79 Å². The zero-order valence-electron chi connectivity index (χ0n) is 23.3. The van der Waals surface area contributed by atoms with Gasteiger partial charge in [-0.2, -0.15) is 0 Å². The van der Waals surface area contributed by atoms with Crippen LogP contribution in [0.25, 0.3) is 11.2 Å². The highest BCUT2D eigenvalue weighted by atomic mass is 28.3. The lowest BCUT2D eigenvalue weighted by molar-refractivity contribution is 0.0205. The van der Waals surface area contributed by atoms with E-state index in [2.05, 4.69) is 30.4 Å². The predicted molar refractivity (Wildman–Crippen MR) is 147 cm³/mol. The Bertz CT molecular complexity index is 1030. The number of rotatable bonds is 7. The normalized spacial score (nSPS) is 18.7. The summed E-state index contributed by atoms with van der Waals surface area (Å²) >= 11 is 0. The second-order valence-corrected chi connectivity index (χ2v) is 18.6. The zero-order chi connectivity index (χ0) is 25.9. The molecule has 0 aromatic carbocycles. The van der Waals surface area contributed by atoms with Crippen LogP contribution in [0.3, 0.4) is 0 Å². The summed E-state index contributed by atoms with van der Waals surface area (Å²) in [6.07, 6.45) is 12.2. The van der Waals surface area contributed by atoms with Gasteiger partial charge in [-0.3, -0.25) is 0 Å². The summed E-state index contributed by atoms with van der Waals surface area (Å²) in [5, 5.41) is 0. The second-order valence-electron chi connectivity index (χ2n) is 12.9. The molecule has 1 saturated heterocycles. The van der Waals surface area contributed by atoms with Crippen molar-refractivity contribution in [2.75, 3.05) is 19.7 Å². The van der Waals surface area contributed by atoms with Crippen molar-refractivity contribution in [1.82, 2.24) is 19.4 Å². The van der Waals surface area contributed by atoms with Gasteiger partial charge in [0.05, 0.1) is 11.9 Å². The summed E-state index contributed by atoms with van der Waals surface area (Å²) in [7, 11) is -1.13. The molecule has 0 atom stereocenters. The van der Waals surface area contributed by atoms with E-state index in [4.69, 9.17) is 19.4 Å². The third kappa shape index (κ3) is 7.09. The van der Waals surface area contributed by atoms with E-state index in [1.165, 1.54) is 37.7 Å². The number of carbonyl (C=O) groups excluding carboxylic acids is 1. The minimum atomic E-state index is -1.13. The molecule has 1 aliphatic heterocycles. The molecule has 2 aromatic rings. The maximum absolute atomic E-state index is 12.6. The predicted octanol–water partition coefficient (Wildman–Crippen LogP) is 6.91. The van der Waals surface area contributed by atoms with Gasteiger partial charge in [0, 0.05) is 45.4 Å². The Hall–Kier alpha value is -1.93. The van der Waals surface area contributed by atoms with E-state index in [1.807, 2.05) is 31.9 Å². The fourth-order valence-corrected chi connectivity index (χ4v) is 6.08. The molecule has 0 bridgehead atoms. The van der Waals surface area contributed by atoms with E-state index < -0.39 is 13.7 Å². The summed E-state index contributed by atoms with van der Waals surface area (Å²) in [4.78, 5) is 24.6. The highest BCUT2D eigenvalue weighted by molar-refractivity contribution is 6.76. The first-order valence-corrected chi connectivity index (χ1v) is 17.6. The number of hydrogen-bond acceptors (Lipinski definition) is 5. The van der Waals surface area contributed by atoms with Crippen LogP contribution in [0, 0.1) is 0 Å². The summed E-state index contributed by atoms with van der Waals surface area (Å²) in [6.45, 7) is 15.6. The fraction of sp³-hybridized carbons (Fsp3) is 0.750. The van der Waals surface area contributed by atoms with Crippen LogP contribution in [-0.4, -0.2) is 58.9 Å². The van der Waals surface area contributed by atoms with Crippen LogP contribution in [0.2, 0.25) is 25.7 Å². The molecular weight excluding hydrogens is 468 g/mol. The molecule has 0 unspecified atom stereocenters. The molecule has 1 saturated carbocycles. The molecule has 3 heterocycles. The highest BCUT2D eigenvalue weighted by Crippen LogP contribution is 2.36. The largest absolute Gasteiger partial charge is 0.444 e. The molecule has 7 nitrogen and oxygen atoms in total. The third-order valence-corrected chi connectivity index (χ3v) is 9.15. The van der Waals surface area contributed by atoms with Crippen LogP contribution >= 0.6 is 0 Å². The van der Waals surface area contributed by atoms with Crippen molar-refractivity contribution in [2.45, 2.75) is 116 Å². The monoisotopic (exact) mass is 514 g/mol. The Morgan fingerprint density at radius 1 is 1.06 bits per heavy atom. The maximum Gasteiger partial charge on any atom is 0.410 e. The summed E-state index contributed by atoms with van der Waals surface area (Å²) in [6, 6.07) is 1.15. The maximum atomic E-state index is 12.6. The Kier molecular flexibility index (Phi) is 8.44. The van der Waals surface area contributed by atoms with Gasteiger partial charge in [0.25, 0.3) is 0 Å². The highest BCUT2D eigenvalue weighted by Gasteiger charge is 2.30. The molecule has 2 fully saturated rings. The number of amides is 1. The first kappa shape index (κ1) is 27.1. The Labute approximate surface area is 218 Å². The van der Waals surface area contributed by atoms with Crippen LogP contribution in [0.15, 0.2) is 12.4 Å². The van der Waals surface area contributed by atoms with Crippen LogP contribution < -0.4 is 0 Å². The molecule has 0 radical (unpaired) electrons. The average Bonchev–Trinajstić information content (AvgIpc) is 3.19. The summed E-state index contributed by atoms with van der Waals surface area (Å²) < 4.78 is 13.9. The van der Waals surface area contributed by atoms with E-state index in [1.54, 1.807) is 0 Å². The molecule has 0 spiro atoms. The van der Waals surface area contributed by atoms with Crippen LogP contribution in [0.5, 0.6) is 0 Å². The molecule has 1 amide bonds. The van der Waals surface area contributed by atoms with E-state index >= 15 is 0 Å². The first-order chi connectivity index (χ1) is 17.0. The summed E-state index contributed by atoms with van der Waals surface area (Å²) in [5.41, 5.74) is 3.89. The van der Waals surface area contributed by atoms with Crippen molar-refractivity contribution in [3.05, 3.63) is 23.7 Å². The number of piperidine rings is 1.